The maximum absolute atomic E-state index is 14.9. The van der Waals surface area contributed by atoms with Crippen LogP contribution in [-0.4, -0.2) is 45.9 Å². The summed E-state index contributed by atoms with van der Waals surface area (Å²) in [7, 11) is -4.24. The zero-order valence-corrected chi connectivity index (χ0v) is 29.5. The van der Waals surface area contributed by atoms with Crippen molar-refractivity contribution in [2.45, 2.75) is 85.1 Å². The van der Waals surface area contributed by atoms with E-state index < -0.39 is 25.3 Å². The van der Waals surface area contributed by atoms with E-state index in [1.165, 1.54) is 0 Å². The second-order valence-corrected chi connectivity index (χ2v) is 14.2. The molecule has 11 nitrogen and oxygen atoms in total. The summed E-state index contributed by atoms with van der Waals surface area (Å²) < 4.78 is 41.0. The smallest absolute Gasteiger partial charge is 0.459 e. The fourth-order valence-electron chi connectivity index (χ4n) is 5.87. The first-order valence-corrected chi connectivity index (χ1v) is 18.1. The highest BCUT2D eigenvalue weighted by atomic mass is 31.2. The van der Waals surface area contributed by atoms with Gasteiger partial charge in [0.25, 0.3) is 0 Å². The van der Waals surface area contributed by atoms with Crippen molar-refractivity contribution in [3.05, 3.63) is 72.6 Å². The zero-order valence-electron chi connectivity index (χ0n) is 28.6. The monoisotopic (exact) mass is 675 g/mol. The van der Waals surface area contributed by atoms with Crippen LogP contribution in [-0.2, 0) is 35.5 Å². The topological polar surface area (TPSA) is 140 Å². The average molecular weight is 676 g/mol. The Morgan fingerprint density at radius 1 is 1.00 bits per heavy atom. The Hall–Kier alpha value is -4.02. The molecule has 0 amide bonds. The lowest BCUT2D eigenvalue weighted by Crippen LogP contribution is -2.40. The van der Waals surface area contributed by atoms with E-state index in [0.29, 0.717) is 35.9 Å². The first kappa shape index (κ1) is 35.3. The van der Waals surface area contributed by atoms with Crippen LogP contribution < -0.4 is 15.3 Å². The summed E-state index contributed by atoms with van der Waals surface area (Å²) >= 11 is 0. The Morgan fingerprint density at radius 3 is 2.44 bits per heavy atom. The van der Waals surface area contributed by atoms with Gasteiger partial charge in [-0.25, -0.2) is 14.5 Å². The van der Waals surface area contributed by atoms with Crippen LogP contribution in [0.25, 0.3) is 32.7 Å². The van der Waals surface area contributed by atoms with Crippen molar-refractivity contribution in [1.29, 1.82) is 0 Å². The number of rotatable bonds is 16. The first-order chi connectivity index (χ1) is 23.0. The lowest BCUT2D eigenvalue weighted by atomic mass is 9.94. The number of hydrogen-bond donors (Lipinski definition) is 2. The number of para-hydroxylation sites is 1. The number of nitrogens with one attached hydrogen (secondary N) is 1. The minimum atomic E-state index is -4.24. The van der Waals surface area contributed by atoms with E-state index in [2.05, 4.69) is 21.6 Å². The molecule has 0 spiro atoms. The van der Waals surface area contributed by atoms with Crippen molar-refractivity contribution in [2.24, 2.45) is 0 Å². The van der Waals surface area contributed by atoms with Gasteiger partial charge in [0, 0.05) is 17.4 Å². The van der Waals surface area contributed by atoms with E-state index in [9.17, 15) is 9.36 Å². The summed E-state index contributed by atoms with van der Waals surface area (Å²) in [5.74, 6) is 0.741. The molecule has 0 saturated carbocycles. The number of nitrogens with zero attached hydrogens (tertiary/aromatic N) is 3. The molecule has 0 unspecified atom stereocenters. The van der Waals surface area contributed by atoms with E-state index in [-0.39, 0.29) is 19.3 Å². The third-order valence-corrected chi connectivity index (χ3v) is 9.81. The largest absolute Gasteiger partial charge is 0.462 e. The fourth-order valence-corrected chi connectivity index (χ4v) is 7.49. The quantitative estimate of drug-likeness (QED) is 0.0784. The SMILES string of the molecule is CCCC[C@@](C)(CO[P@](=O)(N[C@@H](C)C(=O)OC(C)C)Oc1cccc2ccccc12)n1c(COCC)nc2c(N)nc3ccccc3c21. The van der Waals surface area contributed by atoms with Crippen molar-refractivity contribution in [3.63, 3.8) is 0 Å². The van der Waals surface area contributed by atoms with Crippen molar-refractivity contribution in [1.82, 2.24) is 19.6 Å². The van der Waals surface area contributed by atoms with Crippen LogP contribution in [0.3, 0.4) is 0 Å². The van der Waals surface area contributed by atoms with Gasteiger partial charge < -0.3 is 24.3 Å². The average Bonchev–Trinajstić information content (AvgIpc) is 3.47. The number of hydrogen-bond acceptors (Lipinski definition) is 9. The lowest BCUT2D eigenvalue weighted by Gasteiger charge is -2.35. The van der Waals surface area contributed by atoms with Gasteiger partial charge in [0.05, 0.1) is 29.3 Å². The highest BCUT2D eigenvalue weighted by Gasteiger charge is 2.39. The summed E-state index contributed by atoms with van der Waals surface area (Å²) in [6, 6.07) is 19.9. The molecule has 0 bridgehead atoms. The molecule has 48 heavy (non-hydrogen) atoms. The van der Waals surface area contributed by atoms with Gasteiger partial charge in [-0.15, -0.1) is 0 Å². The molecule has 3 aromatic carbocycles. The Labute approximate surface area is 281 Å². The molecule has 0 aliphatic carbocycles. The van der Waals surface area contributed by atoms with Gasteiger partial charge >= 0.3 is 13.7 Å². The van der Waals surface area contributed by atoms with Crippen molar-refractivity contribution >= 4 is 52.2 Å². The number of ether oxygens (including phenoxy) is 2. The molecule has 0 fully saturated rings. The number of esters is 1. The summed E-state index contributed by atoms with van der Waals surface area (Å²) in [5.41, 5.74) is 7.76. The molecule has 0 aliphatic rings. The van der Waals surface area contributed by atoms with E-state index in [1.54, 1.807) is 26.8 Å². The summed E-state index contributed by atoms with van der Waals surface area (Å²) in [6.45, 7) is 11.8. The predicted octanol–water partition coefficient (Wildman–Crippen LogP) is 7.90. The van der Waals surface area contributed by atoms with Crippen LogP contribution in [0.5, 0.6) is 5.75 Å². The predicted molar refractivity (Wildman–Crippen MR) is 190 cm³/mol. The normalized spacial score (nSPS) is 15.1. The number of anilines is 1. The molecule has 5 aromatic rings. The number of nitrogen functional groups attached to an aromatic ring is 1. The molecular formula is C36H46N5O6P. The third kappa shape index (κ3) is 7.65. The Kier molecular flexibility index (Phi) is 11.1. The third-order valence-electron chi connectivity index (χ3n) is 8.20. The van der Waals surface area contributed by atoms with Crippen molar-refractivity contribution < 1.29 is 27.9 Å². The second kappa shape index (κ2) is 15.0. The molecular weight excluding hydrogens is 629 g/mol. The number of benzene rings is 3. The maximum atomic E-state index is 14.9. The fraction of sp³-hybridized carbons (Fsp3) is 0.417. The summed E-state index contributed by atoms with van der Waals surface area (Å²) in [4.78, 5) is 22.5. The molecule has 3 N–H and O–H groups in total. The van der Waals surface area contributed by atoms with E-state index in [1.807, 2.05) is 74.5 Å². The van der Waals surface area contributed by atoms with Crippen molar-refractivity contribution in [3.8, 4) is 5.75 Å². The van der Waals surface area contributed by atoms with E-state index in [4.69, 9.17) is 29.2 Å². The van der Waals surface area contributed by atoms with Crippen LogP contribution in [0, 0.1) is 0 Å². The number of fused-ring (bicyclic) bond motifs is 4. The number of imidazole rings is 1. The molecule has 2 heterocycles. The minimum absolute atomic E-state index is 0.0604. The standard InChI is InChI=1S/C36H46N5O6P/c1-7-9-21-36(6,41-31(22-44-8-2)39-32-33(41)28-18-12-13-19-29(28)38-34(32)37)23-45-48(43,40-25(5)35(42)46-24(3)4)47-30-20-14-16-26-15-10-11-17-27(26)30/h10-20,24-25H,7-9,21-23H2,1-6H3,(H2,37,38)(H,40,43)/t25-,36-,48+/m0/s1. The highest BCUT2D eigenvalue weighted by Crippen LogP contribution is 2.49. The van der Waals surface area contributed by atoms with Crippen LogP contribution in [0.1, 0.15) is 66.6 Å². The molecule has 12 heteroatoms. The summed E-state index contributed by atoms with van der Waals surface area (Å²) in [5, 5.41) is 5.40. The number of carbonyl (C=O) groups excluding carboxylic acids is 1. The highest BCUT2D eigenvalue weighted by molar-refractivity contribution is 7.52. The molecule has 256 valence electrons. The lowest BCUT2D eigenvalue weighted by molar-refractivity contribution is -0.149. The molecule has 0 radical (unpaired) electrons. The summed E-state index contributed by atoms with van der Waals surface area (Å²) in [6.07, 6.45) is 2.04. The van der Waals surface area contributed by atoms with Crippen molar-refractivity contribution in [2.75, 3.05) is 18.9 Å². The maximum Gasteiger partial charge on any atom is 0.459 e. The molecule has 0 aliphatic heterocycles. The van der Waals surface area contributed by atoms with E-state index >= 15 is 0 Å². The van der Waals surface area contributed by atoms with Crippen LogP contribution in [0.15, 0.2) is 66.7 Å². The van der Waals surface area contributed by atoms with Crippen LogP contribution >= 0.6 is 7.75 Å². The van der Waals surface area contributed by atoms with E-state index in [0.717, 1.165) is 40.0 Å². The van der Waals surface area contributed by atoms with Gasteiger partial charge in [0.2, 0.25) is 0 Å². The zero-order chi connectivity index (χ0) is 34.5. The number of unbranched alkanes of at least 4 members (excludes halogenated alkanes) is 1. The number of carbonyl (C=O) groups is 1. The Morgan fingerprint density at radius 2 is 1.71 bits per heavy atom. The van der Waals surface area contributed by atoms with Gasteiger partial charge in [-0.1, -0.05) is 74.4 Å². The van der Waals surface area contributed by atoms with Gasteiger partial charge in [0.15, 0.2) is 5.82 Å². The van der Waals surface area contributed by atoms with Crippen LogP contribution in [0.2, 0.25) is 0 Å². The Bertz CT molecular complexity index is 1940. The van der Waals surface area contributed by atoms with Gasteiger partial charge in [0.1, 0.15) is 29.7 Å². The van der Waals surface area contributed by atoms with Gasteiger partial charge in [-0.3, -0.25) is 9.32 Å². The molecule has 5 rings (SSSR count). The minimum Gasteiger partial charge on any atom is -0.462 e. The second-order valence-electron chi connectivity index (χ2n) is 12.5. The van der Waals surface area contributed by atoms with Gasteiger partial charge in [-0.05, 0) is 58.6 Å². The molecule has 3 atom stereocenters. The number of nitrogens with two attached hydrogens (primary N) is 1. The molecule has 0 saturated heterocycles. The first-order valence-electron chi connectivity index (χ1n) is 16.5. The van der Waals surface area contributed by atoms with Gasteiger partial charge in [-0.2, -0.15) is 5.09 Å². The van der Waals surface area contributed by atoms with Crippen LogP contribution in [0.4, 0.5) is 5.82 Å². The number of aromatic nitrogens is 3. The number of pyridine rings is 1. The Balaban J connectivity index is 1.62. The molecule has 2 aromatic heterocycles.